The van der Waals surface area contributed by atoms with Gasteiger partial charge < -0.3 is 35.0 Å². The number of phosphoric acid groups is 2. The quantitative estimate of drug-likeness (QED) is 0.185. The number of ether oxygens (including phenoxy) is 1. The molecule has 6 N–H and O–H groups in total. The largest absolute Gasteiger partial charge is 0.481 e. The van der Waals surface area contributed by atoms with Crippen molar-refractivity contribution in [1.82, 2.24) is 9.55 Å². The molecule has 0 amide bonds. The Hall–Kier alpha value is -1.22. The lowest BCUT2D eigenvalue weighted by Crippen LogP contribution is -2.37. The molecule has 17 heteroatoms. The number of nitrogens with two attached hydrogens (primary N) is 1. The Kier molecular flexibility index (Phi) is 8.17. The molecule has 31 heavy (non-hydrogen) atoms. The molecule has 1 aromatic rings. The number of anilines is 1. The molecule has 0 aromatic carbocycles. The molecule has 1 aliphatic heterocycles. The Labute approximate surface area is 177 Å². The van der Waals surface area contributed by atoms with Gasteiger partial charge in [-0.3, -0.25) is 13.6 Å². The number of nitrogen functional groups attached to an aromatic ring is 1. The van der Waals surface area contributed by atoms with Gasteiger partial charge in [0, 0.05) is 6.20 Å². The summed E-state index contributed by atoms with van der Waals surface area (Å²) in [7, 11) is -4.64. The van der Waals surface area contributed by atoms with Crippen LogP contribution in [0.1, 0.15) is 6.23 Å². The van der Waals surface area contributed by atoms with E-state index in [4.69, 9.17) is 10.5 Å². The van der Waals surface area contributed by atoms with Gasteiger partial charge in [0.1, 0.15) is 37.3 Å². The van der Waals surface area contributed by atoms with Gasteiger partial charge in [-0.25, -0.2) is 13.9 Å². The number of hydrogen-bond acceptors (Lipinski definition) is 11. The highest BCUT2D eigenvalue weighted by Gasteiger charge is 2.46. The maximum Gasteiger partial charge on any atom is 0.481 e. The zero-order valence-electron chi connectivity index (χ0n) is 17.0. The lowest BCUT2D eigenvalue weighted by Gasteiger charge is -2.24. The number of aromatic nitrogens is 2. The highest BCUT2D eigenvalue weighted by molar-refractivity contribution is 7.61. The highest BCUT2D eigenvalue weighted by atomic mass is 31.3. The van der Waals surface area contributed by atoms with Crippen LogP contribution in [0.4, 0.5) is 5.82 Å². The van der Waals surface area contributed by atoms with Crippen LogP contribution in [0.3, 0.4) is 0 Å². The first-order valence-corrected chi connectivity index (χ1v) is 11.9. The second-order valence-electron chi connectivity index (χ2n) is 7.75. The van der Waals surface area contributed by atoms with Crippen LogP contribution < -0.4 is 11.4 Å². The number of nitrogens with zero attached hydrogens (tertiary/aromatic N) is 3. The minimum atomic E-state index is -5.11. The van der Waals surface area contributed by atoms with E-state index in [2.05, 4.69) is 18.3 Å². The number of aliphatic hydroxyl groups is 2. The van der Waals surface area contributed by atoms with Gasteiger partial charge in [0.25, 0.3) is 0 Å². The maximum absolute atomic E-state index is 12.0. The molecule has 178 valence electrons. The molecule has 2 rings (SSSR count). The maximum atomic E-state index is 12.0. The predicted octanol–water partition coefficient (Wildman–Crippen LogP) is -1.60. The predicted molar refractivity (Wildman–Crippen MR) is 104 cm³/mol. The molecular formula is C14H27N4O11P2+. The summed E-state index contributed by atoms with van der Waals surface area (Å²) in [5.74, 6) is -0.0652. The Morgan fingerprint density at radius 1 is 1.19 bits per heavy atom. The van der Waals surface area contributed by atoms with Gasteiger partial charge in [0.05, 0.1) is 27.7 Å². The fraction of sp³-hybridized carbons (Fsp3) is 0.714. The summed E-state index contributed by atoms with van der Waals surface area (Å²) in [4.78, 5) is 34.7. The van der Waals surface area contributed by atoms with Crippen LogP contribution in [0.15, 0.2) is 17.1 Å². The number of phosphoric ester groups is 2. The van der Waals surface area contributed by atoms with E-state index in [1.807, 2.05) is 0 Å². The van der Waals surface area contributed by atoms with Crippen LogP contribution in [0, 0.1) is 0 Å². The first kappa shape index (κ1) is 26.0. The molecule has 15 nitrogen and oxygen atoms in total. The number of rotatable bonds is 10. The molecule has 1 aromatic heterocycles. The Morgan fingerprint density at radius 3 is 2.39 bits per heavy atom. The summed E-state index contributed by atoms with van der Waals surface area (Å²) >= 11 is 0. The van der Waals surface area contributed by atoms with Gasteiger partial charge in [-0.05, 0) is 6.07 Å². The molecule has 0 saturated carbocycles. The highest BCUT2D eigenvalue weighted by Crippen LogP contribution is 2.60. The van der Waals surface area contributed by atoms with Crippen LogP contribution in [0.2, 0.25) is 0 Å². The summed E-state index contributed by atoms with van der Waals surface area (Å²) in [5, 5.41) is 20.2. The normalized spacial score (nSPS) is 28.2. The molecule has 0 radical (unpaired) electrons. The SMILES string of the molecule is C[N+](C)(C)CCOP(=O)(O)OP(=O)(O)OC[C@H]1O[C@@H](n2ccc(N)nc2=O)[C@@H](O)[C@@H]1O. The van der Waals surface area contributed by atoms with Gasteiger partial charge in [-0.15, -0.1) is 0 Å². The number of quaternary nitrogens is 1. The van der Waals surface area contributed by atoms with E-state index < -0.39 is 52.5 Å². The summed E-state index contributed by atoms with van der Waals surface area (Å²) < 4.78 is 43.9. The molecule has 0 spiro atoms. The average Bonchev–Trinajstić information content (AvgIpc) is 2.86. The van der Waals surface area contributed by atoms with E-state index in [1.54, 1.807) is 21.1 Å². The Morgan fingerprint density at radius 2 is 1.81 bits per heavy atom. The van der Waals surface area contributed by atoms with Gasteiger partial charge in [-0.2, -0.15) is 9.29 Å². The van der Waals surface area contributed by atoms with Crippen LogP contribution in [0.5, 0.6) is 0 Å². The number of hydrogen-bond donors (Lipinski definition) is 5. The molecule has 6 atom stereocenters. The van der Waals surface area contributed by atoms with Crippen molar-refractivity contribution in [1.29, 1.82) is 0 Å². The molecule has 1 saturated heterocycles. The number of aliphatic hydroxyl groups excluding tert-OH is 2. The Bertz CT molecular complexity index is 920. The Balaban J connectivity index is 1.96. The van der Waals surface area contributed by atoms with Crippen LogP contribution in [-0.2, 0) is 27.2 Å². The fourth-order valence-electron chi connectivity index (χ4n) is 2.49. The third-order valence-electron chi connectivity index (χ3n) is 4.09. The lowest BCUT2D eigenvalue weighted by atomic mass is 10.1. The minimum Gasteiger partial charge on any atom is -0.387 e. The monoisotopic (exact) mass is 489 g/mol. The van der Waals surface area contributed by atoms with Gasteiger partial charge in [-0.1, -0.05) is 0 Å². The van der Waals surface area contributed by atoms with Crippen LogP contribution in [-0.4, -0.2) is 93.2 Å². The first-order valence-electron chi connectivity index (χ1n) is 8.93. The number of likely N-dealkylation sites (N-methyl/N-ethyl adjacent to an activating group) is 1. The van der Waals surface area contributed by atoms with Crippen molar-refractivity contribution in [2.45, 2.75) is 24.5 Å². The van der Waals surface area contributed by atoms with Crippen LogP contribution >= 0.6 is 15.6 Å². The van der Waals surface area contributed by atoms with Crippen molar-refractivity contribution in [2.75, 3.05) is 46.6 Å². The topological polar surface area (TPSA) is 213 Å². The van der Waals surface area contributed by atoms with Crippen molar-refractivity contribution < 1.29 is 51.7 Å². The van der Waals surface area contributed by atoms with Crippen molar-refractivity contribution in [3.05, 3.63) is 22.7 Å². The summed E-state index contributed by atoms with van der Waals surface area (Å²) in [6.07, 6.45) is -4.82. The van der Waals surface area contributed by atoms with Crippen molar-refractivity contribution >= 4 is 21.5 Å². The van der Waals surface area contributed by atoms with E-state index in [0.717, 1.165) is 4.57 Å². The third kappa shape index (κ3) is 7.70. The van der Waals surface area contributed by atoms with E-state index >= 15 is 0 Å². The molecule has 1 fully saturated rings. The van der Waals surface area contributed by atoms with Gasteiger partial charge in [0.2, 0.25) is 0 Å². The molecular weight excluding hydrogens is 462 g/mol. The second-order valence-corrected chi connectivity index (χ2v) is 10.8. The zero-order chi connectivity index (χ0) is 23.6. The molecule has 2 heterocycles. The van der Waals surface area contributed by atoms with Gasteiger partial charge >= 0.3 is 21.3 Å². The van der Waals surface area contributed by atoms with E-state index in [-0.39, 0.29) is 12.4 Å². The van der Waals surface area contributed by atoms with Gasteiger partial charge in [0.15, 0.2) is 6.23 Å². The second kappa shape index (κ2) is 9.73. The van der Waals surface area contributed by atoms with Crippen molar-refractivity contribution in [3.63, 3.8) is 0 Å². The summed E-state index contributed by atoms with van der Waals surface area (Å²) in [6.45, 7) is -0.746. The summed E-state index contributed by atoms with van der Waals surface area (Å²) in [6, 6.07) is 1.26. The summed E-state index contributed by atoms with van der Waals surface area (Å²) in [5.41, 5.74) is 4.53. The molecule has 2 unspecified atom stereocenters. The minimum absolute atomic E-state index is 0.0652. The fourth-order valence-corrected chi connectivity index (χ4v) is 4.56. The molecule has 0 aliphatic carbocycles. The molecule has 0 bridgehead atoms. The third-order valence-corrected chi connectivity index (χ3v) is 6.72. The zero-order valence-corrected chi connectivity index (χ0v) is 18.8. The van der Waals surface area contributed by atoms with E-state index in [0.29, 0.717) is 11.0 Å². The first-order chi connectivity index (χ1) is 14.1. The standard InChI is InChI=1S/C14H26N4O11P2/c1-18(2,3)6-7-26-30(22,23)29-31(24,25)27-8-9-11(19)12(20)13(28-9)17-5-4-10(15)16-14(17)21/h4-5,9,11-13,19-20H,6-8H2,1-3H3,(H3-,15,16,21,22,23,24,25)/p+1/t9-,11-,12+,13-/m1/s1. The van der Waals surface area contributed by atoms with E-state index in [1.165, 1.54) is 12.3 Å². The van der Waals surface area contributed by atoms with Crippen molar-refractivity contribution in [3.8, 4) is 0 Å². The van der Waals surface area contributed by atoms with Crippen molar-refractivity contribution in [2.24, 2.45) is 0 Å². The lowest BCUT2D eigenvalue weighted by molar-refractivity contribution is -0.870. The molecule has 1 aliphatic rings. The van der Waals surface area contributed by atoms with E-state index in [9.17, 15) is 33.9 Å². The smallest absolute Gasteiger partial charge is 0.387 e. The average molecular weight is 489 g/mol. The van der Waals surface area contributed by atoms with Crippen LogP contribution in [0.25, 0.3) is 0 Å².